The van der Waals surface area contributed by atoms with Crippen molar-refractivity contribution in [3.63, 3.8) is 0 Å². The van der Waals surface area contributed by atoms with E-state index in [1.165, 1.54) is 0 Å². The number of fused-ring (bicyclic) bond motifs is 1. The Morgan fingerprint density at radius 1 is 1.33 bits per heavy atom. The lowest BCUT2D eigenvalue weighted by molar-refractivity contribution is 0.218. The first-order valence-corrected chi connectivity index (χ1v) is 7.82. The second kappa shape index (κ2) is 5.89. The fourth-order valence-electron chi connectivity index (χ4n) is 3.03. The third-order valence-corrected chi connectivity index (χ3v) is 4.50. The Bertz CT molecular complexity index is 840. The van der Waals surface area contributed by atoms with Crippen molar-refractivity contribution in [2.75, 3.05) is 18.1 Å². The lowest BCUT2D eigenvalue weighted by atomic mass is 9.78. The number of carbonyl (C=O) groups is 1. The summed E-state index contributed by atoms with van der Waals surface area (Å²) in [6.45, 7) is 2.48. The standard InChI is InChI=1S/C19H20N4O/c1-19(12-20,10-13-4-3-5-16(21)8-13)15-7-6-14-11-23(2)18(24)22-17(14)9-15/h3-9H,10-11,21H2,1-2H3,(H,22,24). The van der Waals surface area contributed by atoms with Crippen molar-refractivity contribution in [1.82, 2.24) is 4.90 Å². The van der Waals surface area contributed by atoms with E-state index in [-0.39, 0.29) is 6.03 Å². The minimum absolute atomic E-state index is 0.130. The van der Waals surface area contributed by atoms with E-state index >= 15 is 0 Å². The molecule has 5 heteroatoms. The maximum Gasteiger partial charge on any atom is 0.321 e. The highest BCUT2D eigenvalue weighted by Crippen LogP contribution is 2.33. The molecule has 0 radical (unpaired) electrons. The lowest BCUT2D eigenvalue weighted by Gasteiger charge is -2.29. The summed E-state index contributed by atoms with van der Waals surface area (Å²) < 4.78 is 0. The SMILES string of the molecule is CN1Cc2ccc(C(C)(C#N)Cc3cccc(N)c3)cc2NC1=O. The lowest BCUT2D eigenvalue weighted by Crippen LogP contribution is -2.35. The molecule has 2 amide bonds. The van der Waals surface area contributed by atoms with Crippen LogP contribution in [0.25, 0.3) is 0 Å². The van der Waals surface area contributed by atoms with Gasteiger partial charge in [-0.25, -0.2) is 4.79 Å². The maximum absolute atomic E-state index is 11.9. The number of carbonyl (C=O) groups excluding carboxylic acids is 1. The van der Waals surface area contributed by atoms with E-state index in [1.807, 2.05) is 49.4 Å². The van der Waals surface area contributed by atoms with Crippen LogP contribution in [0.5, 0.6) is 0 Å². The highest BCUT2D eigenvalue weighted by Gasteiger charge is 2.29. The Kier molecular flexibility index (Phi) is 3.90. The molecule has 0 bridgehead atoms. The molecule has 1 atom stereocenters. The maximum atomic E-state index is 11.9. The molecule has 1 heterocycles. The highest BCUT2D eigenvalue weighted by atomic mass is 16.2. The summed E-state index contributed by atoms with van der Waals surface area (Å²) in [5.74, 6) is 0. The second-order valence-electron chi connectivity index (χ2n) is 6.52. The molecule has 3 N–H and O–H groups in total. The smallest absolute Gasteiger partial charge is 0.321 e. The van der Waals surface area contributed by atoms with Crippen molar-refractivity contribution >= 4 is 17.4 Å². The van der Waals surface area contributed by atoms with Crippen LogP contribution in [0.2, 0.25) is 0 Å². The average Bonchev–Trinajstić information content (AvgIpc) is 2.55. The molecule has 0 fully saturated rings. The Labute approximate surface area is 141 Å². The van der Waals surface area contributed by atoms with Gasteiger partial charge in [0.05, 0.1) is 11.5 Å². The molecule has 0 spiro atoms. The molecule has 5 nitrogen and oxygen atoms in total. The number of benzene rings is 2. The van der Waals surface area contributed by atoms with E-state index in [9.17, 15) is 10.1 Å². The Hall–Kier alpha value is -3.00. The third-order valence-electron chi connectivity index (χ3n) is 4.50. The quantitative estimate of drug-likeness (QED) is 0.852. The van der Waals surface area contributed by atoms with Gasteiger partial charge in [0, 0.05) is 25.0 Å². The van der Waals surface area contributed by atoms with E-state index in [1.54, 1.807) is 11.9 Å². The monoisotopic (exact) mass is 320 g/mol. The topological polar surface area (TPSA) is 82.2 Å². The van der Waals surface area contributed by atoms with E-state index in [0.717, 1.165) is 22.4 Å². The predicted molar refractivity (Wildman–Crippen MR) is 94.5 cm³/mol. The van der Waals surface area contributed by atoms with E-state index in [2.05, 4.69) is 11.4 Å². The van der Waals surface area contributed by atoms with Crippen molar-refractivity contribution in [3.05, 3.63) is 59.2 Å². The zero-order valence-electron chi connectivity index (χ0n) is 13.8. The number of hydrogen-bond donors (Lipinski definition) is 2. The summed E-state index contributed by atoms with van der Waals surface area (Å²) in [4.78, 5) is 13.5. The van der Waals surface area contributed by atoms with Crippen LogP contribution in [0.4, 0.5) is 16.2 Å². The van der Waals surface area contributed by atoms with Crippen LogP contribution in [0.1, 0.15) is 23.6 Å². The van der Waals surface area contributed by atoms with Gasteiger partial charge in [-0.1, -0.05) is 24.3 Å². The van der Waals surface area contributed by atoms with Gasteiger partial charge < -0.3 is 16.0 Å². The number of nitrogens with zero attached hydrogens (tertiary/aromatic N) is 2. The average molecular weight is 320 g/mol. The van der Waals surface area contributed by atoms with Crippen LogP contribution in [-0.4, -0.2) is 18.0 Å². The minimum atomic E-state index is -0.698. The molecule has 3 rings (SSSR count). The van der Waals surface area contributed by atoms with E-state index in [4.69, 9.17) is 5.73 Å². The predicted octanol–water partition coefficient (Wildman–Crippen LogP) is 3.27. The van der Waals surface area contributed by atoms with Crippen LogP contribution >= 0.6 is 0 Å². The number of nitrogens with two attached hydrogens (primary N) is 1. The fourth-order valence-corrected chi connectivity index (χ4v) is 3.03. The van der Waals surface area contributed by atoms with Gasteiger partial charge in [-0.15, -0.1) is 0 Å². The number of nitriles is 1. The molecule has 0 saturated carbocycles. The van der Waals surface area contributed by atoms with Crippen LogP contribution in [0.15, 0.2) is 42.5 Å². The first-order valence-electron chi connectivity index (χ1n) is 7.82. The molecule has 0 saturated heterocycles. The molecular weight excluding hydrogens is 300 g/mol. The Morgan fingerprint density at radius 3 is 2.83 bits per heavy atom. The number of anilines is 2. The molecule has 1 aliphatic heterocycles. The van der Waals surface area contributed by atoms with E-state index < -0.39 is 5.41 Å². The van der Waals surface area contributed by atoms with Gasteiger partial charge >= 0.3 is 6.03 Å². The fraction of sp³-hybridized carbons (Fsp3) is 0.263. The first-order chi connectivity index (χ1) is 11.4. The summed E-state index contributed by atoms with van der Waals surface area (Å²) in [5.41, 5.74) is 9.56. The molecule has 122 valence electrons. The zero-order chi connectivity index (χ0) is 17.3. The first kappa shape index (κ1) is 15.9. The van der Waals surface area contributed by atoms with Crippen LogP contribution in [0.3, 0.4) is 0 Å². The van der Waals surface area contributed by atoms with Gasteiger partial charge in [0.2, 0.25) is 0 Å². The zero-order valence-corrected chi connectivity index (χ0v) is 13.8. The van der Waals surface area contributed by atoms with Gasteiger partial charge in [0.15, 0.2) is 0 Å². The van der Waals surface area contributed by atoms with E-state index in [0.29, 0.717) is 18.7 Å². The molecule has 2 aromatic carbocycles. The highest BCUT2D eigenvalue weighted by molar-refractivity contribution is 5.92. The normalized spacial score (nSPS) is 15.9. The summed E-state index contributed by atoms with van der Waals surface area (Å²) in [5, 5.41) is 12.7. The van der Waals surface area contributed by atoms with Crippen molar-refractivity contribution in [2.24, 2.45) is 0 Å². The Balaban J connectivity index is 1.95. The summed E-state index contributed by atoms with van der Waals surface area (Å²) >= 11 is 0. The molecule has 2 aromatic rings. The molecule has 1 unspecified atom stereocenters. The number of hydrogen-bond acceptors (Lipinski definition) is 3. The van der Waals surface area contributed by atoms with Crippen molar-refractivity contribution in [3.8, 4) is 6.07 Å². The number of nitrogen functional groups attached to an aromatic ring is 1. The number of urea groups is 1. The number of rotatable bonds is 3. The molecular formula is C19H20N4O. The van der Waals surface area contributed by atoms with Crippen molar-refractivity contribution in [2.45, 2.75) is 25.3 Å². The molecule has 24 heavy (non-hydrogen) atoms. The largest absolute Gasteiger partial charge is 0.399 e. The van der Waals surface area contributed by atoms with Gasteiger partial charge in [-0.05, 0) is 48.2 Å². The van der Waals surface area contributed by atoms with Crippen molar-refractivity contribution in [1.29, 1.82) is 5.26 Å². The second-order valence-corrected chi connectivity index (χ2v) is 6.52. The van der Waals surface area contributed by atoms with Gasteiger partial charge in [-0.2, -0.15) is 5.26 Å². The molecule has 1 aliphatic rings. The summed E-state index contributed by atoms with van der Waals surface area (Å²) in [6, 6.07) is 15.8. The minimum Gasteiger partial charge on any atom is -0.399 e. The van der Waals surface area contributed by atoms with Gasteiger partial charge in [-0.3, -0.25) is 0 Å². The molecule has 0 aliphatic carbocycles. The third kappa shape index (κ3) is 2.91. The van der Waals surface area contributed by atoms with Crippen LogP contribution in [-0.2, 0) is 18.4 Å². The summed E-state index contributed by atoms with van der Waals surface area (Å²) in [6.07, 6.45) is 0.557. The van der Waals surface area contributed by atoms with Gasteiger partial charge in [0.1, 0.15) is 0 Å². The van der Waals surface area contributed by atoms with Crippen LogP contribution in [0, 0.1) is 11.3 Å². The number of nitrogens with one attached hydrogen (secondary N) is 1. The Morgan fingerprint density at radius 2 is 2.12 bits per heavy atom. The van der Waals surface area contributed by atoms with Crippen LogP contribution < -0.4 is 11.1 Å². The van der Waals surface area contributed by atoms with Gasteiger partial charge in [0.25, 0.3) is 0 Å². The number of amides is 2. The van der Waals surface area contributed by atoms with Crippen molar-refractivity contribution < 1.29 is 4.79 Å². The molecule has 0 aromatic heterocycles. The summed E-state index contributed by atoms with van der Waals surface area (Å²) in [7, 11) is 1.76.